The maximum Gasteiger partial charge on any atom is 0.391 e. The van der Waals surface area contributed by atoms with Gasteiger partial charge in [-0.05, 0) is 64.2 Å². The molecule has 33 heavy (non-hydrogen) atoms. The molecule has 0 radical (unpaired) electrons. The zero-order valence-electron chi connectivity index (χ0n) is 18.9. The van der Waals surface area contributed by atoms with Crippen molar-refractivity contribution in [1.82, 2.24) is 24.9 Å². The van der Waals surface area contributed by atoms with Gasteiger partial charge in [0.05, 0.1) is 29.1 Å². The summed E-state index contributed by atoms with van der Waals surface area (Å²) in [5.41, 5.74) is 5.09. The molecule has 3 aromatic rings. The molecule has 0 amide bonds. The first kappa shape index (κ1) is 22.1. The monoisotopic (exact) mass is 457 g/mol. The Bertz CT molecular complexity index is 1190. The quantitative estimate of drug-likeness (QED) is 0.522. The van der Waals surface area contributed by atoms with Crippen LogP contribution in [-0.4, -0.2) is 37.7 Å². The third-order valence-corrected chi connectivity index (χ3v) is 6.92. The fourth-order valence-electron chi connectivity index (χ4n) is 4.76. The van der Waals surface area contributed by atoms with E-state index in [0.717, 1.165) is 29.1 Å². The van der Waals surface area contributed by atoms with Gasteiger partial charge in [0.25, 0.3) is 0 Å². The van der Waals surface area contributed by atoms with Gasteiger partial charge in [-0.3, -0.25) is 4.98 Å². The number of hydrogen-bond acceptors (Lipinski definition) is 6. The Morgan fingerprint density at radius 2 is 1.70 bits per heavy atom. The normalized spacial score (nSPS) is 25.8. The van der Waals surface area contributed by atoms with Crippen LogP contribution in [0.5, 0.6) is 0 Å². The van der Waals surface area contributed by atoms with Crippen LogP contribution in [0.3, 0.4) is 0 Å². The van der Waals surface area contributed by atoms with Gasteiger partial charge in [0.15, 0.2) is 5.65 Å². The van der Waals surface area contributed by atoms with E-state index in [1.54, 1.807) is 6.20 Å². The first-order chi connectivity index (χ1) is 15.7. The van der Waals surface area contributed by atoms with Gasteiger partial charge in [0, 0.05) is 30.3 Å². The Morgan fingerprint density at radius 1 is 0.939 bits per heavy atom. The van der Waals surface area contributed by atoms with E-state index in [9.17, 15) is 13.2 Å². The standard InChI is InChI=1S/C24H26F3N5O/c1-12-8-15(4-6-28-12)19-11-16(5-7-33-19)22-31-20(17-9-18(10-17)24(25,26)27)21-23(32-22)30-14(3)13(2)29-21/h4,6,8,16-19H,5,7,9-11H2,1-3H3/t16-,17-,18-,19+/m1/s1. The molecule has 1 aliphatic heterocycles. The molecule has 1 saturated carbocycles. The fraction of sp³-hybridized carbons (Fsp3) is 0.542. The molecule has 0 N–H and O–H groups in total. The summed E-state index contributed by atoms with van der Waals surface area (Å²) >= 11 is 0. The third kappa shape index (κ3) is 4.30. The SMILES string of the molecule is Cc1cc([C@@H]2C[C@H](c3nc4nc(C)c(C)nc4c([C@H]4C[C@H](C(F)(F)F)C4)n3)CCO2)ccn1. The van der Waals surface area contributed by atoms with Crippen LogP contribution in [0.1, 0.15) is 77.8 Å². The van der Waals surface area contributed by atoms with Crippen molar-refractivity contribution in [2.75, 3.05) is 6.61 Å². The van der Waals surface area contributed by atoms with Crippen molar-refractivity contribution in [3.8, 4) is 0 Å². The number of rotatable bonds is 3. The van der Waals surface area contributed by atoms with Crippen molar-refractivity contribution < 1.29 is 17.9 Å². The molecule has 6 nitrogen and oxygen atoms in total. The van der Waals surface area contributed by atoms with Crippen LogP contribution in [0.2, 0.25) is 0 Å². The largest absolute Gasteiger partial charge is 0.391 e. The van der Waals surface area contributed by atoms with E-state index in [1.165, 1.54) is 0 Å². The summed E-state index contributed by atoms with van der Waals surface area (Å²) in [4.78, 5) is 23.1. The van der Waals surface area contributed by atoms with Crippen molar-refractivity contribution in [3.05, 3.63) is 52.5 Å². The molecule has 0 spiro atoms. The van der Waals surface area contributed by atoms with E-state index < -0.39 is 12.1 Å². The minimum atomic E-state index is -4.17. The van der Waals surface area contributed by atoms with Crippen LogP contribution >= 0.6 is 0 Å². The molecule has 3 aromatic heterocycles. The van der Waals surface area contributed by atoms with E-state index >= 15 is 0 Å². The van der Waals surface area contributed by atoms with Crippen molar-refractivity contribution in [1.29, 1.82) is 0 Å². The van der Waals surface area contributed by atoms with Crippen molar-refractivity contribution in [3.63, 3.8) is 0 Å². The summed E-state index contributed by atoms with van der Waals surface area (Å²) in [7, 11) is 0. The summed E-state index contributed by atoms with van der Waals surface area (Å²) in [6.45, 7) is 6.21. The van der Waals surface area contributed by atoms with Crippen LogP contribution in [0.25, 0.3) is 11.2 Å². The molecule has 0 aromatic carbocycles. The second kappa shape index (κ2) is 8.27. The van der Waals surface area contributed by atoms with Gasteiger partial charge in [-0.15, -0.1) is 0 Å². The molecule has 2 aliphatic rings. The van der Waals surface area contributed by atoms with Gasteiger partial charge in [0.1, 0.15) is 11.3 Å². The molecular formula is C24H26F3N5O. The van der Waals surface area contributed by atoms with E-state index in [2.05, 4.69) is 15.0 Å². The van der Waals surface area contributed by atoms with E-state index in [-0.39, 0.29) is 30.8 Å². The Labute approximate surface area is 190 Å². The molecule has 5 rings (SSSR count). The van der Waals surface area contributed by atoms with Gasteiger partial charge in [-0.25, -0.2) is 19.9 Å². The second-order valence-electron chi connectivity index (χ2n) is 9.25. The highest BCUT2D eigenvalue weighted by molar-refractivity contribution is 5.73. The Balaban J connectivity index is 1.50. The first-order valence-electron chi connectivity index (χ1n) is 11.3. The van der Waals surface area contributed by atoms with Gasteiger partial charge in [0.2, 0.25) is 0 Å². The second-order valence-corrected chi connectivity index (χ2v) is 9.25. The predicted octanol–water partition coefficient (Wildman–Crippen LogP) is 5.43. The minimum absolute atomic E-state index is 0.0299. The molecular weight excluding hydrogens is 431 g/mol. The smallest absolute Gasteiger partial charge is 0.373 e. The van der Waals surface area contributed by atoms with Gasteiger partial charge >= 0.3 is 6.18 Å². The summed E-state index contributed by atoms with van der Waals surface area (Å²) in [5.74, 6) is -0.902. The number of aryl methyl sites for hydroxylation is 3. The molecule has 1 aliphatic carbocycles. The molecule has 2 atom stereocenters. The number of halogens is 3. The predicted molar refractivity (Wildman–Crippen MR) is 116 cm³/mol. The molecule has 4 heterocycles. The molecule has 1 saturated heterocycles. The number of hydrogen-bond donors (Lipinski definition) is 0. The van der Waals surface area contributed by atoms with E-state index in [1.807, 2.05) is 32.9 Å². The Morgan fingerprint density at radius 3 is 2.42 bits per heavy atom. The topological polar surface area (TPSA) is 73.7 Å². The van der Waals surface area contributed by atoms with Crippen LogP contribution < -0.4 is 0 Å². The summed E-state index contributed by atoms with van der Waals surface area (Å²) < 4.78 is 45.5. The zero-order valence-corrected chi connectivity index (χ0v) is 18.9. The lowest BCUT2D eigenvalue weighted by Gasteiger charge is -2.36. The number of nitrogens with zero attached hydrogens (tertiary/aromatic N) is 5. The van der Waals surface area contributed by atoms with Crippen molar-refractivity contribution in [2.45, 2.75) is 70.6 Å². The zero-order chi connectivity index (χ0) is 23.3. The Kier molecular flexibility index (Phi) is 5.55. The fourth-order valence-corrected chi connectivity index (χ4v) is 4.76. The molecule has 2 fully saturated rings. The van der Waals surface area contributed by atoms with Crippen molar-refractivity contribution in [2.24, 2.45) is 5.92 Å². The van der Waals surface area contributed by atoms with Gasteiger partial charge in [-0.2, -0.15) is 13.2 Å². The third-order valence-electron chi connectivity index (χ3n) is 6.92. The average Bonchev–Trinajstić information content (AvgIpc) is 2.73. The van der Waals surface area contributed by atoms with Crippen molar-refractivity contribution >= 4 is 11.2 Å². The van der Waals surface area contributed by atoms with E-state index in [0.29, 0.717) is 35.7 Å². The first-order valence-corrected chi connectivity index (χ1v) is 11.3. The highest BCUT2D eigenvalue weighted by Gasteiger charge is 2.49. The van der Waals surface area contributed by atoms with Gasteiger partial charge in [-0.1, -0.05) is 0 Å². The van der Waals surface area contributed by atoms with Crippen LogP contribution in [0, 0.1) is 26.7 Å². The van der Waals surface area contributed by atoms with Crippen LogP contribution in [-0.2, 0) is 4.74 Å². The maximum atomic E-state index is 13.1. The molecule has 0 bridgehead atoms. The lowest BCUT2D eigenvalue weighted by atomic mass is 9.72. The number of aromatic nitrogens is 5. The maximum absolute atomic E-state index is 13.1. The van der Waals surface area contributed by atoms with Crippen LogP contribution in [0.15, 0.2) is 18.3 Å². The molecule has 0 unspecified atom stereocenters. The summed E-state index contributed by atoms with van der Waals surface area (Å²) in [6.07, 6.45) is -0.972. The summed E-state index contributed by atoms with van der Waals surface area (Å²) in [6, 6.07) is 3.97. The Hall–Kier alpha value is -2.68. The average molecular weight is 458 g/mol. The minimum Gasteiger partial charge on any atom is -0.373 e. The van der Waals surface area contributed by atoms with Crippen LogP contribution in [0.4, 0.5) is 13.2 Å². The number of pyridine rings is 1. The summed E-state index contributed by atoms with van der Waals surface area (Å²) in [5, 5.41) is 0. The number of ether oxygens (including phenoxy) is 1. The highest BCUT2D eigenvalue weighted by Crippen LogP contribution is 2.50. The molecule has 174 valence electrons. The van der Waals surface area contributed by atoms with E-state index in [4.69, 9.17) is 14.7 Å². The van der Waals surface area contributed by atoms with Gasteiger partial charge < -0.3 is 4.74 Å². The highest BCUT2D eigenvalue weighted by atomic mass is 19.4. The lowest BCUT2D eigenvalue weighted by molar-refractivity contribution is -0.197. The molecule has 9 heteroatoms. The number of alkyl halides is 3. The number of fused-ring (bicyclic) bond motifs is 1. The lowest BCUT2D eigenvalue weighted by Crippen LogP contribution is -2.35.